The number of nitrogens with zero attached hydrogens (tertiary/aromatic N) is 1. The summed E-state index contributed by atoms with van der Waals surface area (Å²) in [6.45, 7) is 4.39. The molecule has 16 heavy (non-hydrogen) atoms. The van der Waals surface area contributed by atoms with Crippen LogP contribution in [0.2, 0.25) is 0 Å². The maximum absolute atomic E-state index is 9.92. The molecule has 1 N–H and O–H groups in total. The Balaban J connectivity index is 2.27. The van der Waals surface area contributed by atoms with Crippen LogP contribution in [0.1, 0.15) is 45.1 Å². The normalized spacial score (nSPS) is 13.0. The van der Waals surface area contributed by atoms with E-state index in [0.29, 0.717) is 5.92 Å². The molecule has 0 aromatic carbocycles. The lowest BCUT2D eigenvalue weighted by Gasteiger charge is -2.17. The molecule has 1 atom stereocenters. The van der Waals surface area contributed by atoms with Crippen molar-refractivity contribution in [2.45, 2.75) is 52.1 Å². The minimum absolute atomic E-state index is 0.162. The Hall–Kier alpha value is -0.890. The van der Waals surface area contributed by atoms with Crippen LogP contribution in [0.15, 0.2) is 24.5 Å². The highest BCUT2D eigenvalue weighted by molar-refractivity contribution is 5.08. The van der Waals surface area contributed by atoms with Crippen LogP contribution in [-0.2, 0) is 6.42 Å². The topological polar surface area (TPSA) is 33.1 Å². The second-order valence-corrected chi connectivity index (χ2v) is 4.47. The Kier molecular flexibility index (Phi) is 6.09. The van der Waals surface area contributed by atoms with Gasteiger partial charge in [0.15, 0.2) is 0 Å². The van der Waals surface area contributed by atoms with Crippen molar-refractivity contribution in [2.75, 3.05) is 0 Å². The lowest BCUT2D eigenvalue weighted by Crippen LogP contribution is -2.13. The van der Waals surface area contributed by atoms with Gasteiger partial charge in [-0.15, -0.1) is 0 Å². The molecule has 2 heteroatoms. The Morgan fingerprint density at radius 3 is 2.62 bits per heavy atom. The predicted molar refractivity (Wildman–Crippen MR) is 67.3 cm³/mol. The highest BCUT2D eigenvalue weighted by atomic mass is 16.3. The summed E-state index contributed by atoms with van der Waals surface area (Å²) in [6.07, 6.45) is 8.55. The number of aromatic nitrogens is 1. The van der Waals surface area contributed by atoms with Gasteiger partial charge in [0.25, 0.3) is 0 Å². The standard InChI is InChI=1S/C14H23NO/c1-3-12(4-2)10-14(16)8-7-13-6-5-9-15-11-13/h5-6,9,11-12,14,16H,3-4,7-8,10H2,1-2H3. The summed E-state index contributed by atoms with van der Waals surface area (Å²) in [5, 5.41) is 9.92. The van der Waals surface area contributed by atoms with Gasteiger partial charge in [0.05, 0.1) is 6.10 Å². The summed E-state index contributed by atoms with van der Waals surface area (Å²) in [4.78, 5) is 4.07. The van der Waals surface area contributed by atoms with Crippen LogP contribution in [0, 0.1) is 5.92 Å². The van der Waals surface area contributed by atoms with Gasteiger partial charge in [0.2, 0.25) is 0 Å². The Labute approximate surface area is 98.7 Å². The molecule has 0 aliphatic carbocycles. The Morgan fingerprint density at radius 1 is 1.31 bits per heavy atom. The lowest BCUT2D eigenvalue weighted by molar-refractivity contribution is 0.131. The first-order chi connectivity index (χ1) is 7.76. The summed E-state index contributed by atoms with van der Waals surface area (Å²) in [6, 6.07) is 4.01. The lowest BCUT2D eigenvalue weighted by atomic mass is 9.93. The molecule has 1 aromatic heterocycles. The van der Waals surface area contributed by atoms with Gasteiger partial charge in [-0.3, -0.25) is 4.98 Å². The smallest absolute Gasteiger partial charge is 0.0546 e. The van der Waals surface area contributed by atoms with Gasteiger partial charge in [-0.2, -0.15) is 0 Å². The van der Waals surface area contributed by atoms with Gasteiger partial charge in [-0.25, -0.2) is 0 Å². The molecular formula is C14H23NO. The molecule has 0 bridgehead atoms. The van der Waals surface area contributed by atoms with Gasteiger partial charge >= 0.3 is 0 Å². The summed E-state index contributed by atoms with van der Waals surface area (Å²) >= 11 is 0. The average Bonchev–Trinajstić information content (AvgIpc) is 2.34. The molecule has 1 unspecified atom stereocenters. The molecule has 90 valence electrons. The zero-order chi connectivity index (χ0) is 11.8. The highest BCUT2D eigenvalue weighted by Gasteiger charge is 2.11. The molecule has 1 rings (SSSR count). The van der Waals surface area contributed by atoms with Gasteiger partial charge in [-0.05, 0) is 36.8 Å². The minimum Gasteiger partial charge on any atom is -0.393 e. The van der Waals surface area contributed by atoms with Gasteiger partial charge in [0.1, 0.15) is 0 Å². The van der Waals surface area contributed by atoms with Crippen molar-refractivity contribution in [3.05, 3.63) is 30.1 Å². The van der Waals surface area contributed by atoms with Crippen molar-refractivity contribution in [3.8, 4) is 0 Å². The molecule has 0 aliphatic rings. The van der Waals surface area contributed by atoms with Crippen LogP contribution in [0.5, 0.6) is 0 Å². The highest BCUT2D eigenvalue weighted by Crippen LogP contribution is 2.17. The van der Waals surface area contributed by atoms with E-state index in [9.17, 15) is 5.11 Å². The first-order valence-corrected chi connectivity index (χ1v) is 6.33. The molecule has 0 spiro atoms. The van der Waals surface area contributed by atoms with Crippen molar-refractivity contribution in [1.82, 2.24) is 4.98 Å². The summed E-state index contributed by atoms with van der Waals surface area (Å²) < 4.78 is 0. The molecule has 0 saturated heterocycles. The van der Waals surface area contributed by atoms with E-state index in [1.807, 2.05) is 12.3 Å². The first kappa shape index (κ1) is 13.2. The first-order valence-electron chi connectivity index (χ1n) is 6.33. The third kappa shape index (κ3) is 4.75. The number of aryl methyl sites for hydroxylation is 1. The van der Waals surface area contributed by atoms with Crippen LogP contribution in [0.25, 0.3) is 0 Å². The maximum Gasteiger partial charge on any atom is 0.0546 e. The number of pyridine rings is 1. The van der Waals surface area contributed by atoms with Crippen LogP contribution < -0.4 is 0 Å². The zero-order valence-corrected chi connectivity index (χ0v) is 10.4. The van der Waals surface area contributed by atoms with Crippen molar-refractivity contribution in [1.29, 1.82) is 0 Å². The summed E-state index contributed by atoms with van der Waals surface area (Å²) in [5.74, 6) is 0.670. The summed E-state index contributed by atoms with van der Waals surface area (Å²) in [5.41, 5.74) is 1.21. The Morgan fingerprint density at radius 2 is 2.06 bits per heavy atom. The Bertz CT molecular complexity index is 269. The molecule has 0 amide bonds. The summed E-state index contributed by atoms with van der Waals surface area (Å²) in [7, 11) is 0. The van der Waals surface area contributed by atoms with E-state index in [-0.39, 0.29) is 6.10 Å². The van der Waals surface area contributed by atoms with Gasteiger partial charge in [-0.1, -0.05) is 32.8 Å². The van der Waals surface area contributed by atoms with E-state index in [1.165, 1.54) is 18.4 Å². The predicted octanol–water partition coefficient (Wildman–Crippen LogP) is 3.20. The number of hydrogen-bond donors (Lipinski definition) is 1. The quantitative estimate of drug-likeness (QED) is 0.767. The minimum atomic E-state index is -0.162. The van der Waals surface area contributed by atoms with Gasteiger partial charge < -0.3 is 5.11 Å². The van der Waals surface area contributed by atoms with E-state index >= 15 is 0 Å². The van der Waals surface area contributed by atoms with Crippen LogP contribution >= 0.6 is 0 Å². The monoisotopic (exact) mass is 221 g/mol. The molecular weight excluding hydrogens is 198 g/mol. The number of hydrogen-bond acceptors (Lipinski definition) is 2. The molecule has 0 radical (unpaired) electrons. The largest absolute Gasteiger partial charge is 0.393 e. The van der Waals surface area contributed by atoms with E-state index in [1.54, 1.807) is 6.20 Å². The number of aliphatic hydroxyl groups is 1. The molecule has 1 aromatic rings. The van der Waals surface area contributed by atoms with E-state index in [4.69, 9.17) is 0 Å². The van der Waals surface area contributed by atoms with E-state index in [2.05, 4.69) is 24.9 Å². The number of aliphatic hydroxyl groups excluding tert-OH is 1. The molecule has 0 fully saturated rings. The van der Waals surface area contributed by atoms with Crippen molar-refractivity contribution in [2.24, 2.45) is 5.92 Å². The van der Waals surface area contributed by atoms with Gasteiger partial charge in [0, 0.05) is 12.4 Å². The van der Waals surface area contributed by atoms with Crippen LogP contribution in [0.3, 0.4) is 0 Å². The second-order valence-electron chi connectivity index (χ2n) is 4.47. The van der Waals surface area contributed by atoms with Crippen LogP contribution in [-0.4, -0.2) is 16.2 Å². The fraction of sp³-hybridized carbons (Fsp3) is 0.643. The number of rotatable bonds is 7. The van der Waals surface area contributed by atoms with Crippen molar-refractivity contribution in [3.63, 3.8) is 0 Å². The second kappa shape index (κ2) is 7.39. The third-order valence-corrected chi connectivity index (χ3v) is 3.25. The zero-order valence-electron chi connectivity index (χ0n) is 10.4. The van der Waals surface area contributed by atoms with E-state index in [0.717, 1.165) is 19.3 Å². The third-order valence-electron chi connectivity index (χ3n) is 3.25. The maximum atomic E-state index is 9.92. The SMILES string of the molecule is CCC(CC)CC(O)CCc1cccnc1. The van der Waals surface area contributed by atoms with Crippen molar-refractivity contribution >= 4 is 0 Å². The fourth-order valence-corrected chi connectivity index (χ4v) is 2.00. The fourth-order valence-electron chi connectivity index (χ4n) is 2.00. The average molecular weight is 221 g/mol. The molecule has 0 aliphatic heterocycles. The molecule has 2 nitrogen and oxygen atoms in total. The molecule has 0 saturated carbocycles. The van der Waals surface area contributed by atoms with E-state index < -0.39 is 0 Å². The van der Waals surface area contributed by atoms with Crippen molar-refractivity contribution < 1.29 is 5.11 Å². The molecule has 1 heterocycles. The van der Waals surface area contributed by atoms with Crippen LogP contribution in [0.4, 0.5) is 0 Å².